The Bertz CT molecular complexity index is 695. The van der Waals surface area contributed by atoms with E-state index in [0.717, 1.165) is 21.2 Å². The number of aliphatic hydroxyl groups excluding tert-OH is 1. The second-order valence-corrected chi connectivity index (χ2v) is 5.11. The van der Waals surface area contributed by atoms with Crippen molar-refractivity contribution >= 4 is 21.4 Å². The first-order valence-electron chi connectivity index (χ1n) is 5.80. The van der Waals surface area contributed by atoms with Crippen molar-refractivity contribution in [2.75, 3.05) is 0 Å². The van der Waals surface area contributed by atoms with Gasteiger partial charge in [-0.15, -0.1) is 0 Å². The highest BCUT2D eigenvalue weighted by atomic mass is 79.9. The zero-order valence-corrected chi connectivity index (χ0v) is 11.5. The standard InChI is InChI=1S/C13H11BrN4O/c14-9-1-2-10(16-6-9)5-13(19)11-7-17-18-4-3-15-8-12(11)18/h1-4,6-8,13,19H,5H2. The Morgan fingerprint density at radius 1 is 1.26 bits per heavy atom. The minimum atomic E-state index is -0.643. The quantitative estimate of drug-likeness (QED) is 0.803. The van der Waals surface area contributed by atoms with Crippen LogP contribution in [0.4, 0.5) is 0 Å². The maximum absolute atomic E-state index is 10.3. The Labute approximate surface area is 118 Å². The van der Waals surface area contributed by atoms with E-state index in [0.29, 0.717) is 6.42 Å². The van der Waals surface area contributed by atoms with E-state index in [1.165, 1.54) is 0 Å². The van der Waals surface area contributed by atoms with E-state index in [1.54, 1.807) is 35.5 Å². The van der Waals surface area contributed by atoms with Crippen molar-refractivity contribution in [3.63, 3.8) is 0 Å². The Morgan fingerprint density at radius 3 is 2.95 bits per heavy atom. The van der Waals surface area contributed by atoms with E-state index < -0.39 is 6.10 Å². The maximum Gasteiger partial charge on any atom is 0.0903 e. The fourth-order valence-electron chi connectivity index (χ4n) is 1.94. The molecule has 5 nitrogen and oxygen atoms in total. The second kappa shape index (κ2) is 5.07. The summed E-state index contributed by atoms with van der Waals surface area (Å²) in [5.41, 5.74) is 2.41. The molecule has 0 aliphatic heterocycles. The van der Waals surface area contributed by atoms with Crippen molar-refractivity contribution in [3.05, 3.63) is 58.8 Å². The first-order chi connectivity index (χ1) is 9.24. The van der Waals surface area contributed by atoms with Gasteiger partial charge in [-0.25, -0.2) is 4.52 Å². The lowest BCUT2D eigenvalue weighted by atomic mass is 10.1. The van der Waals surface area contributed by atoms with Crippen molar-refractivity contribution in [3.8, 4) is 0 Å². The molecule has 1 atom stereocenters. The van der Waals surface area contributed by atoms with Gasteiger partial charge in [0.1, 0.15) is 0 Å². The second-order valence-electron chi connectivity index (χ2n) is 4.19. The third-order valence-corrected chi connectivity index (χ3v) is 3.37. The van der Waals surface area contributed by atoms with Crippen molar-refractivity contribution in [1.29, 1.82) is 0 Å². The number of fused-ring (bicyclic) bond motifs is 1. The molecule has 0 aromatic carbocycles. The van der Waals surface area contributed by atoms with Crippen LogP contribution in [0.3, 0.4) is 0 Å². The molecule has 0 aliphatic carbocycles. The van der Waals surface area contributed by atoms with Gasteiger partial charge in [-0.3, -0.25) is 9.97 Å². The molecule has 0 amide bonds. The maximum atomic E-state index is 10.3. The number of nitrogens with zero attached hydrogens (tertiary/aromatic N) is 4. The summed E-state index contributed by atoms with van der Waals surface area (Å²) in [5, 5.41) is 14.5. The van der Waals surface area contributed by atoms with E-state index in [9.17, 15) is 5.11 Å². The first kappa shape index (κ1) is 12.3. The lowest BCUT2D eigenvalue weighted by Gasteiger charge is -2.08. The highest BCUT2D eigenvalue weighted by Gasteiger charge is 2.14. The van der Waals surface area contributed by atoms with Crippen LogP contribution in [-0.2, 0) is 6.42 Å². The SMILES string of the molecule is OC(Cc1ccc(Br)cn1)c1cnn2ccncc12. The molecule has 3 aromatic rings. The molecule has 1 unspecified atom stereocenters. The monoisotopic (exact) mass is 318 g/mol. The van der Waals surface area contributed by atoms with Crippen LogP contribution in [0.2, 0.25) is 0 Å². The van der Waals surface area contributed by atoms with Gasteiger partial charge in [0.2, 0.25) is 0 Å². The smallest absolute Gasteiger partial charge is 0.0903 e. The number of aliphatic hydroxyl groups is 1. The molecular weight excluding hydrogens is 308 g/mol. The highest BCUT2D eigenvalue weighted by molar-refractivity contribution is 9.10. The van der Waals surface area contributed by atoms with E-state index in [-0.39, 0.29) is 0 Å². The summed E-state index contributed by atoms with van der Waals surface area (Å²) < 4.78 is 2.62. The molecule has 3 rings (SSSR count). The van der Waals surface area contributed by atoms with Crippen molar-refractivity contribution in [2.24, 2.45) is 0 Å². The summed E-state index contributed by atoms with van der Waals surface area (Å²) >= 11 is 3.34. The first-order valence-corrected chi connectivity index (χ1v) is 6.59. The van der Waals surface area contributed by atoms with Gasteiger partial charge in [-0.2, -0.15) is 5.10 Å². The number of pyridine rings is 1. The average molecular weight is 319 g/mol. The molecular formula is C13H11BrN4O. The minimum absolute atomic E-state index is 0.448. The summed E-state index contributed by atoms with van der Waals surface area (Å²) in [6.45, 7) is 0. The van der Waals surface area contributed by atoms with Gasteiger partial charge in [0.05, 0.1) is 24.0 Å². The molecule has 0 saturated heterocycles. The third-order valence-electron chi connectivity index (χ3n) is 2.90. The minimum Gasteiger partial charge on any atom is -0.388 e. The summed E-state index contributed by atoms with van der Waals surface area (Å²) in [7, 11) is 0. The molecule has 0 saturated carbocycles. The Hall–Kier alpha value is -1.79. The molecule has 96 valence electrons. The molecule has 0 fully saturated rings. The molecule has 19 heavy (non-hydrogen) atoms. The molecule has 1 N–H and O–H groups in total. The van der Waals surface area contributed by atoms with Gasteiger partial charge >= 0.3 is 0 Å². The van der Waals surface area contributed by atoms with Crippen molar-refractivity contribution in [2.45, 2.75) is 12.5 Å². The summed E-state index contributed by atoms with van der Waals surface area (Å²) in [5.74, 6) is 0. The summed E-state index contributed by atoms with van der Waals surface area (Å²) in [6, 6.07) is 3.80. The molecule has 3 heterocycles. The number of halogens is 1. The Kier molecular flexibility index (Phi) is 3.27. The van der Waals surface area contributed by atoms with Crippen LogP contribution in [0.1, 0.15) is 17.4 Å². The normalized spacial score (nSPS) is 12.7. The number of aromatic nitrogens is 4. The van der Waals surface area contributed by atoms with Crippen LogP contribution < -0.4 is 0 Å². The predicted octanol–water partition coefficient (Wildman–Crippen LogP) is 2.16. The van der Waals surface area contributed by atoms with Crippen molar-refractivity contribution < 1.29 is 5.11 Å². The molecule has 0 spiro atoms. The molecule has 0 bridgehead atoms. The van der Waals surface area contributed by atoms with E-state index >= 15 is 0 Å². The van der Waals surface area contributed by atoms with Crippen LogP contribution in [0.15, 0.2) is 47.6 Å². The highest BCUT2D eigenvalue weighted by Crippen LogP contribution is 2.21. The van der Waals surface area contributed by atoms with Crippen molar-refractivity contribution in [1.82, 2.24) is 19.6 Å². The third kappa shape index (κ3) is 2.50. The van der Waals surface area contributed by atoms with E-state index in [4.69, 9.17) is 0 Å². The molecule has 3 aromatic heterocycles. The molecule has 6 heteroatoms. The number of hydrogen-bond acceptors (Lipinski definition) is 4. The molecule has 0 aliphatic rings. The average Bonchev–Trinajstić information content (AvgIpc) is 2.85. The largest absolute Gasteiger partial charge is 0.388 e. The number of rotatable bonds is 3. The van der Waals surface area contributed by atoms with Gasteiger partial charge in [-0.1, -0.05) is 0 Å². The van der Waals surface area contributed by atoms with E-state index in [2.05, 4.69) is 31.0 Å². The zero-order chi connectivity index (χ0) is 13.2. The van der Waals surface area contributed by atoms with Crippen LogP contribution in [0, 0.1) is 0 Å². The van der Waals surface area contributed by atoms with Crippen LogP contribution in [0.5, 0.6) is 0 Å². The predicted molar refractivity (Wildman–Crippen MR) is 73.6 cm³/mol. The van der Waals surface area contributed by atoms with Gasteiger partial charge in [0.15, 0.2) is 0 Å². The molecule has 0 radical (unpaired) electrons. The van der Waals surface area contributed by atoms with Crippen LogP contribution in [-0.4, -0.2) is 24.7 Å². The van der Waals surface area contributed by atoms with Gasteiger partial charge in [0.25, 0.3) is 0 Å². The fraction of sp³-hybridized carbons (Fsp3) is 0.154. The Balaban J connectivity index is 1.87. The fourth-order valence-corrected chi connectivity index (χ4v) is 2.18. The van der Waals surface area contributed by atoms with Crippen LogP contribution >= 0.6 is 15.9 Å². The number of hydrogen-bond donors (Lipinski definition) is 1. The zero-order valence-electron chi connectivity index (χ0n) is 9.94. The Morgan fingerprint density at radius 2 is 2.16 bits per heavy atom. The lowest BCUT2D eigenvalue weighted by Crippen LogP contribution is -2.03. The summed E-state index contributed by atoms with van der Waals surface area (Å²) in [6.07, 6.45) is 8.30. The van der Waals surface area contributed by atoms with E-state index in [1.807, 2.05) is 12.1 Å². The van der Waals surface area contributed by atoms with Gasteiger partial charge in [-0.05, 0) is 28.1 Å². The topological polar surface area (TPSA) is 63.3 Å². The van der Waals surface area contributed by atoms with Crippen LogP contribution in [0.25, 0.3) is 5.52 Å². The lowest BCUT2D eigenvalue weighted by molar-refractivity contribution is 0.178. The van der Waals surface area contributed by atoms with Gasteiger partial charge in [0, 0.05) is 40.7 Å². The summed E-state index contributed by atoms with van der Waals surface area (Å²) in [4.78, 5) is 8.31. The van der Waals surface area contributed by atoms with Gasteiger partial charge < -0.3 is 5.11 Å².